The largest absolute Gasteiger partial charge is 1.00 e. The quantitative estimate of drug-likeness (QED) is 0.0211. The van der Waals surface area contributed by atoms with Gasteiger partial charge in [-0.3, -0.25) is 5.04 Å². The second-order valence-electron chi connectivity index (χ2n) is 9.51. The predicted octanol–water partition coefficient (Wildman–Crippen LogP) is -3.98. The summed E-state index contributed by atoms with van der Waals surface area (Å²) in [5.74, 6) is 0.413. The van der Waals surface area contributed by atoms with Crippen molar-refractivity contribution in [2.24, 2.45) is 0 Å². The molecule has 2 heterocycles. The molecule has 0 aliphatic carbocycles. The van der Waals surface area contributed by atoms with E-state index in [0.717, 1.165) is 6.07 Å². The standard InChI is InChI=1S/C26H28Cl2N10O8S2.2Na/c1-37(9-11-39)25-33-21(27)31-23(35-25)29-17-7-5-15(19(13-17)47-46-45-41)3-4-16-6-8-18(14-20(16)48(42,43)44)30-24-32-22(28)34-26(36-24)38(2)10-12-40;;/h3-8,13-14,39-41H,9-12H2,1-2H3,(H,42,43,44)(H,29,31,33,35)(H,30,32,34,36);;/q;2*+1/p-2/b4-3+;;. The first kappa shape index (κ1) is 44.2. The molecule has 4 aromatic rings. The molecule has 18 nitrogen and oxygen atoms in total. The van der Waals surface area contributed by atoms with Crippen LogP contribution in [0.2, 0.25) is 10.6 Å². The minimum atomic E-state index is -4.98. The fourth-order valence-corrected chi connectivity index (χ4v) is 5.42. The van der Waals surface area contributed by atoms with Crippen LogP contribution in [0.25, 0.3) is 12.2 Å². The van der Waals surface area contributed by atoms with Crippen molar-refractivity contribution in [2.75, 3.05) is 60.8 Å². The Hall–Kier alpha value is -1.96. The molecule has 0 atom stereocenters. The van der Waals surface area contributed by atoms with E-state index in [1.807, 2.05) is 0 Å². The van der Waals surface area contributed by atoms with E-state index in [2.05, 4.69) is 49.9 Å². The molecule has 2 aromatic carbocycles. The molecule has 256 valence electrons. The molecule has 4 N–H and O–H groups in total. The molecule has 4 rings (SSSR count). The van der Waals surface area contributed by atoms with Gasteiger partial charge in [-0.15, -0.1) is 0 Å². The normalized spacial score (nSPS) is 11.1. The van der Waals surface area contributed by atoms with Gasteiger partial charge >= 0.3 is 59.1 Å². The van der Waals surface area contributed by atoms with Crippen LogP contribution in [-0.2, 0) is 19.5 Å². The Morgan fingerprint density at radius 1 is 0.820 bits per heavy atom. The minimum absolute atomic E-state index is 0. The summed E-state index contributed by atoms with van der Waals surface area (Å²) in [5, 5.41) is 38.0. The van der Waals surface area contributed by atoms with Crippen LogP contribution in [0.3, 0.4) is 0 Å². The number of rotatable bonds is 16. The van der Waals surface area contributed by atoms with Gasteiger partial charge in [-0.25, -0.2) is 8.42 Å². The SMILES string of the molecule is CN(CCO)c1nc(Cl)nc(Nc2ccc(/C=C/c3ccc(Nc4nc(Cl)nc(N(C)CCO)n4)cc3S(=O)(=O)[O-])c(SOO[O-])c2)n1.[Na+].[Na+]. The fraction of sp³-hybridized carbons (Fsp3) is 0.231. The van der Waals surface area contributed by atoms with E-state index in [1.165, 1.54) is 29.2 Å². The average Bonchev–Trinajstić information content (AvgIpc) is 3.03. The van der Waals surface area contributed by atoms with Gasteiger partial charge in [-0.2, -0.15) is 34.2 Å². The van der Waals surface area contributed by atoms with Gasteiger partial charge in [-0.05, 0) is 58.6 Å². The summed E-state index contributed by atoms with van der Waals surface area (Å²) < 4.78 is 41.3. The van der Waals surface area contributed by atoms with Gasteiger partial charge in [0, 0.05) is 43.5 Å². The summed E-state index contributed by atoms with van der Waals surface area (Å²) in [5.41, 5.74) is 1.09. The summed E-state index contributed by atoms with van der Waals surface area (Å²) in [4.78, 5) is 27.4. The van der Waals surface area contributed by atoms with Crippen LogP contribution in [0.1, 0.15) is 11.1 Å². The molecule has 0 unspecified atom stereocenters. The van der Waals surface area contributed by atoms with Gasteiger partial charge in [0.25, 0.3) is 0 Å². The molecular formula is C26H26Cl2N10Na2O8S2. The number of benzene rings is 2. The van der Waals surface area contributed by atoms with Crippen molar-refractivity contribution >= 4 is 92.7 Å². The number of anilines is 6. The zero-order valence-corrected chi connectivity index (χ0v) is 34.1. The first-order chi connectivity index (χ1) is 22.9. The molecule has 50 heavy (non-hydrogen) atoms. The van der Waals surface area contributed by atoms with Crippen LogP contribution >= 0.6 is 35.2 Å². The summed E-state index contributed by atoms with van der Waals surface area (Å²) in [6.07, 6.45) is 2.88. The molecule has 0 aliphatic heterocycles. The summed E-state index contributed by atoms with van der Waals surface area (Å²) in [7, 11) is -1.68. The maximum Gasteiger partial charge on any atom is 1.00 e. The number of hydrogen-bond acceptors (Lipinski definition) is 19. The van der Waals surface area contributed by atoms with Crippen molar-refractivity contribution in [3.8, 4) is 0 Å². The van der Waals surface area contributed by atoms with Crippen LogP contribution in [0.15, 0.2) is 46.2 Å². The van der Waals surface area contributed by atoms with E-state index in [-0.39, 0.29) is 131 Å². The average molecular weight is 788 g/mol. The topological polar surface area (TPSA) is 247 Å². The van der Waals surface area contributed by atoms with Gasteiger partial charge in [-0.1, -0.05) is 24.3 Å². The van der Waals surface area contributed by atoms with Crippen LogP contribution in [0.5, 0.6) is 0 Å². The molecule has 0 amide bonds. The van der Waals surface area contributed by atoms with Gasteiger partial charge < -0.3 is 40.5 Å². The maximum atomic E-state index is 12.3. The number of aliphatic hydroxyl groups is 2. The zero-order chi connectivity index (χ0) is 34.8. The van der Waals surface area contributed by atoms with E-state index in [9.17, 15) is 28.4 Å². The second-order valence-corrected chi connectivity index (χ2v) is 12.3. The molecular weight excluding hydrogens is 761 g/mol. The van der Waals surface area contributed by atoms with E-state index in [1.54, 1.807) is 37.2 Å². The molecule has 0 saturated heterocycles. The number of nitrogens with zero attached hydrogens (tertiary/aromatic N) is 8. The molecule has 24 heteroatoms. The molecule has 0 saturated carbocycles. The first-order valence-corrected chi connectivity index (χ1v) is 16.4. The first-order valence-electron chi connectivity index (χ1n) is 13.5. The number of likely N-dealkylation sites (N-methyl/N-ethyl adjacent to an activating group) is 2. The van der Waals surface area contributed by atoms with E-state index in [4.69, 9.17) is 23.2 Å². The van der Waals surface area contributed by atoms with E-state index < -0.39 is 15.0 Å². The predicted molar refractivity (Wildman–Crippen MR) is 175 cm³/mol. The van der Waals surface area contributed by atoms with Crippen LogP contribution in [-0.4, -0.2) is 93.5 Å². The van der Waals surface area contributed by atoms with Crippen LogP contribution in [0, 0.1) is 0 Å². The Kier molecular flexibility index (Phi) is 18.5. The molecule has 0 bridgehead atoms. The van der Waals surface area contributed by atoms with E-state index >= 15 is 0 Å². The Morgan fingerprint density at radius 2 is 1.30 bits per heavy atom. The van der Waals surface area contributed by atoms with E-state index in [0.29, 0.717) is 28.2 Å². The number of halogens is 2. The number of aromatic nitrogens is 6. The number of aliphatic hydroxyl groups excluding tert-OH is 2. The van der Waals surface area contributed by atoms with Crippen molar-refractivity contribution < 1.29 is 96.9 Å². The van der Waals surface area contributed by atoms with Crippen LogP contribution in [0.4, 0.5) is 35.2 Å². The van der Waals surface area contributed by atoms with Gasteiger partial charge in [0.05, 0.1) is 30.2 Å². The Labute approximate surface area is 345 Å². The van der Waals surface area contributed by atoms with Crippen LogP contribution < -0.4 is 84.8 Å². The summed E-state index contributed by atoms with van der Waals surface area (Å²) >= 11 is 12.6. The van der Waals surface area contributed by atoms with Crippen molar-refractivity contribution in [2.45, 2.75) is 9.79 Å². The molecule has 0 fully saturated rings. The molecule has 0 aliphatic rings. The zero-order valence-electron chi connectivity index (χ0n) is 26.9. The van der Waals surface area contributed by atoms with Crippen molar-refractivity contribution in [1.29, 1.82) is 0 Å². The third-order valence-corrected chi connectivity index (χ3v) is 8.04. The Morgan fingerprint density at radius 3 is 1.78 bits per heavy atom. The smallest absolute Gasteiger partial charge is 0.744 e. The third kappa shape index (κ3) is 12.9. The monoisotopic (exact) mass is 786 g/mol. The summed E-state index contributed by atoms with van der Waals surface area (Å²) in [6.45, 7) is 0.171. The summed E-state index contributed by atoms with van der Waals surface area (Å²) in [6, 6.07) is 8.78. The maximum absolute atomic E-state index is 12.3. The van der Waals surface area contributed by atoms with Gasteiger partial charge in [0.2, 0.25) is 34.4 Å². The Balaban J connectivity index is 0.00000433. The van der Waals surface area contributed by atoms with Crippen molar-refractivity contribution in [1.82, 2.24) is 29.9 Å². The molecule has 2 aromatic heterocycles. The number of hydrogen-bond donors (Lipinski definition) is 4. The van der Waals surface area contributed by atoms with Crippen molar-refractivity contribution in [3.63, 3.8) is 0 Å². The number of nitrogens with one attached hydrogen (secondary N) is 2. The van der Waals surface area contributed by atoms with Gasteiger partial charge in [0.1, 0.15) is 10.1 Å². The fourth-order valence-electron chi connectivity index (χ4n) is 3.91. The third-order valence-electron chi connectivity index (χ3n) is 6.15. The second kappa shape index (κ2) is 20.9. The van der Waals surface area contributed by atoms with Gasteiger partial charge in [0.15, 0.2) is 0 Å². The minimum Gasteiger partial charge on any atom is -0.744 e. The molecule has 0 spiro atoms. The molecule has 0 radical (unpaired) electrons. The van der Waals surface area contributed by atoms with Crippen molar-refractivity contribution in [3.05, 3.63) is 58.1 Å². The Bertz CT molecular complexity index is 1890.